The number of benzene rings is 1. The van der Waals surface area contributed by atoms with Crippen LogP contribution < -0.4 is 16.0 Å². The number of aromatic nitrogens is 4. The van der Waals surface area contributed by atoms with Gasteiger partial charge in [-0.15, -0.1) is 0 Å². The molecule has 0 spiro atoms. The van der Waals surface area contributed by atoms with E-state index >= 15 is 0 Å². The Morgan fingerprint density at radius 1 is 1.20 bits per heavy atom. The Morgan fingerprint density at radius 3 is 2.54 bits per heavy atom. The molecule has 0 bridgehead atoms. The smallest absolute Gasteiger partial charge is 0.475 e. The minimum atomic E-state index is -5.08. The number of rotatable bonds is 3. The molecule has 5 rings (SSSR count). The molecule has 35 heavy (non-hydrogen) atoms. The number of nitrogen functional groups attached to an aromatic ring is 1. The van der Waals surface area contributed by atoms with Crippen molar-refractivity contribution in [3.05, 3.63) is 47.8 Å². The van der Waals surface area contributed by atoms with Crippen molar-refractivity contribution in [2.75, 3.05) is 30.8 Å². The predicted octanol–water partition coefficient (Wildman–Crippen LogP) is 2.83. The molecule has 3 heterocycles. The molecule has 4 N–H and O–H groups in total. The molecule has 0 saturated carbocycles. The zero-order valence-electron chi connectivity index (χ0n) is 19.1. The van der Waals surface area contributed by atoms with Crippen LogP contribution in [0.3, 0.4) is 0 Å². The van der Waals surface area contributed by atoms with E-state index in [4.69, 9.17) is 15.6 Å². The third-order valence-electron chi connectivity index (χ3n) is 6.11. The van der Waals surface area contributed by atoms with Gasteiger partial charge >= 0.3 is 12.1 Å². The first-order chi connectivity index (χ1) is 16.7. The number of hydrogen-bond acceptors (Lipinski definition) is 7. The van der Waals surface area contributed by atoms with Gasteiger partial charge in [-0.3, -0.25) is 0 Å². The molecular formula is C23H26F3N7O2. The number of para-hydroxylation sites is 1. The largest absolute Gasteiger partial charge is 0.490 e. The van der Waals surface area contributed by atoms with E-state index in [-0.39, 0.29) is 0 Å². The summed E-state index contributed by atoms with van der Waals surface area (Å²) in [6, 6.07) is 10.8. The zero-order chi connectivity index (χ0) is 25.2. The number of hydrogen-bond donors (Lipinski definition) is 3. The third kappa shape index (κ3) is 5.21. The average Bonchev–Trinajstić information content (AvgIpc) is 3.43. The van der Waals surface area contributed by atoms with Gasteiger partial charge in [0, 0.05) is 30.3 Å². The Balaban J connectivity index is 0.000000364. The van der Waals surface area contributed by atoms with Crippen LogP contribution in [0.1, 0.15) is 24.1 Å². The summed E-state index contributed by atoms with van der Waals surface area (Å²) < 4.78 is 33.8. The molecule has 186 valence electrons. The van der Waals surface area contributed by atoms with Crippen molar-refractivity contribution in [1.82, 2.24) is 25.1 Å². The molecule has 1 aliphatic carbocycles. The standard InChI is InChI=1S/C21H25N7.C2HF3O2/c1-23-14-10-11-27(13-14)20-16-8-5-9-18-17(19(16)25-21(22)26-20)12-24-28(18)15-6-3-2-4-7-15;3-2(4,5)1(6)7/h2-4,6-7,12,14,23H,5,8-11,13H2,1H3,(H2,22,25,26);(H,6,7)/t14-;/m1./s1. The van der Waals surface area contributed by atoms with E-state index < -0.39 is 12.1 Å². The number of nitrogens with one attached hydrogen (secondary N) is 1. The van der Waals surface area contributed by atoms with Gasteiger partial charge in [0.1, 0.15) is 5.82 Å². The Kier molecular flexibility index (Phi) is 6.92. The summed E-state index contributed by atoms with van der Waals surface area (Å²) in [7, 11) is 2.02. The lowest BCUT2D eigenvalue weighted by Gasteiger charge is -2.22. The molecule has 9 nitrogen and oxygen atoms in total. The average molecular weight is 490 g/mol. The highest BCUT2D eigenvalue weighted by Crippen LogP contribution is 2.37. The van der Waals surface area contributed by atoms with E-state index in [0.717, 1.165) is 61.5 Å². The van der Waals surface area contributed by atoms with Gasteiger partial charge in [-0.05, 0) is 44.9 Å². The minimum absolute atomic E-state index is 0.335. The van der Waals surface area contributed by atoms with Crippen molar-refractivity contribution in [3.63, 3.8) is 0 Å². The Morgan fingerprint density at radius 2 is 1.91 bits per heavy atom. The van der Waals surface area contributed by atoms with Crippen LogP contribution in [0.25, 0.3) is 16.9 Å². The van der Waals surface area contributed by atoms with Crippen LogP contribution in [0.5, 0.6) is 0 Å². The van der Waals surface area contributed by atoms with Gasteiger partial charge in [0.05, 0.1) is 23.3 Å². The first-order valence-corrected chi connectivity index (χ1v) is 11.2. The second-order valence-electron chi connectivity index (χ2n) is 8.36. The molecule has 1 aliphatic heterocycles. The van der Waals surface area contributed by atoms with Gasteiger partial charge in [0.15, 0.2) is 0 Å². The molecule has 1 aromatic carbocycles. The maximum Gasteiger partial charge on any atom is 0.490 e. The van der Waals surface area contributed by atoms with Gasteiger partial charge in [-0.1, -0.05) is 18.2 Å². The number of carboxylic acids is 1. The number of aliphatic carboxylic acids is 1. The van der Waals surface area contributed by atoms with Crippen molar-refractivity contribution >= 4 is 17.7 Å². The third-order valence-corrected chi connectivity index (χ3v) is 6.11. The van der Waals surface area contributed by atoms with Crippen LogP contribution in [0.4, 0.5) is 24.9 Å². The van der Waals surface area contributed by atoms with E-state index in [1.807, 2.05) is 36.1 Å². The maximum absolute atomic E-state index is 10.6. The van der Waals surface area contributed by atoms with Crippen molar-refractivity contribution in [1.29, 1.82) is 0 Å². The molecule has 0 amide bonds. The van der Waals surface area contributed by atoms with E-state index in [2.05, 4.69) is 37.4 Å². The van der Waals surface area contributed by atoms with Crippen molar-refractivity contribution in [3.8, 4) is 16.9 Å². The topological polar surface area (TPSA) is 122 Å². The normalized spacial score (nSPS) is 17.1. The quantitative estimate of drug-likeness (QED) is 0.514. The second-order valence-corrected chi connectivity index (χ2v) is 8.36. The fraction of sp³-hybridized carbons (Fsp3) is 0.391. The number of carbonyl (C=O) groups is 1. The molecule has 1 fully saturated rings. The number of alkyl halides is 3. The fourth-order valence-electron chi connectivity index (χ4n) is 4.43. The monoisotopic (exact) mass is 489 g/mol. The van der Waals surface area contributed by atoms with E-state index in [1.54, 1.807) is 0 Å². The molecular weight excluding hydrogens is 463 g/mol. The second kappa shape index (κ2) is 9.90. The highest BCUT2D eigenvalue weighted by Gasteiger charge is 2.38. The summed E-state index contributed by atoms with van der Waals surface area (Å²) >= 11 is 0. The Bertz CT molecular complexity index is 1200. The lowest BCUT2D eigenvalue weighted by molar-refractivity contribution is -0.192. The molecule has 12 heteroatoms. The molecule has 2 aromatic heterocycles. The van der Waals surface area contributed by atoms with Gasteiger partial charge in [-0.2, -0.15) is 23.3 Å². The number of nitrogens with two attached hydrogens (primary N) is 1. The number of fused-ring (bicyclic) bond motifs is 3. The first kappa shape index (κ1) is 24.5. The lowest BCUT2D eigenvalue weighted by atomic mass is 10.1. The van der Waals surface area contributed by atoms with Crippen molar-refractivity contribution in [2.45, 2.75) is 37.9 Å². The predicted molar refractivity (Wildman–Crippen MR) is 124 cm³/mol. The summed E-state index contributed by atoms with van der Waals surface area (Å²) in [4.78, 5) is 20.6. The lowest BCUT2D eigenvalue weighted by Crippen LogP contribution is -2.30. The first-order valence-electron chi connectivity index (χ1n) is 11.2. The van der Waals surface area contributed by atoms with E-state index in [9.17, 15) is 13.2 Å². The van der Waals surface area contributed by atoms with Crippen LogP contribution in [-0.2, 0) is 17.6 Å². The summed E-state index contributed by atoms with van der Waals surface area (Å²) in [6.07, 6.45) is 0.922. The van der Waals surface area contributed by atoms with E-state index in [1.165, 1.54) is 11.3 Å². The fourth-order valence-corrected chi connectivity index (χ4v) is 4.43. The molecule has 0 radical (unpaired) electrons. The molecule has 1 saturated heterocycles. The summed E-state index contributed by atoms with van der Waals surface area (Å²) in [5.74, 6) is -1.42. The van der Waals surface area contributed by atoms with Gasteiger partial charge in [0.2, 0.25) is 5.95 Å². The van der Waals surface area contributed by atoms with Crippen LogP contribution in [-0.4, -0.2) is 63.2 Å². The number of nitrogens with zero attached hydrogens (tertiary/aromatic N) is 5. The Hall–Kier alpha value is -3.67. The maximum atomic E-state index is 10.6. The highest BCUT2D eigenvalue weighted by molar-refractivity contribution is 5.74. The van der Waals surface area contributed by atoms with Crippen LogP contribution in [0.2, 0.25) is 0 Å². The molecule has 2 aliphatic rings. The van der Waals surface area contributed by atoms with Crippen molar-refractivity contribution in [2.24, 2.45) is 0 Å². The van der Waals surface area contributed by atoms with Gasteiger partial charge in [-0.25, -0.2) is 14.5 Å². The number of halogens is 3. The zero-order valence-corrected chi connectivity index (χ0v) is 19.1. The molecule has 0 unspecified atom stereocenters. The number of likely N-dealkylation sites (N-methyl/N-ethyl adjacent to an activating group) is 1. The van der Waals surface area contributed by atoms with E-state index in [0.29, 0.717) is 12.0 Å². The minimum Gasteiger partial charge on any atom is -0.475 e. The van der Waals surface area contributed by atoms with Crippen LogP contribution in [0, 0.1) is 0 Å². The number of anilines is 2. The SMILES string of the molecule is CN[C@@H]1CCN(c2nc(N)nc3c2CCCc2c-3cnn2-c2ccccc2)C1.O=C(O)C(F)(F)F. The summed E-state index contributed by atoms with van der Waals surface area (Å²) in [5.41, 5.74) is 11.7. The molecule has 3 aromatic rings. The highest BCUT2D eigenvalue weighted by atomic mass is 19.4. The Labute approximate surface area is 199 Å². The molecule has 1 atom stereocenters. The van der Waals surface area contributed by atoms with Crippen LogP contribution >= 0.6 is 0 Å². The summed E-state index contributed by atoms with van der Waals surface area (Å²) in [5, 5.41) is 15.2. The summed E-state index contributed by atoms with van der Waals surface area (Å²) in [6.45, 7) is 1.94. The van der Waals surface area contributed by atoms with Gasteiger partial charge in [0.25, 0.3) is 0 Å². The number of carboxylic acid groups (broad SMARTS) is 1. The van der Waals surface area contributed by atoms with Gasteiger partial charge < -0.3 is 21.1 Å². The van der Waals surface area contributed by atoms with Crippen LogP contribution in [0.15, 0.2) is 36.5 Å². The van der Waals surface area contributed by atoms with Crippen molar-refractivity contribution < 1.29 is 23.1 Å².